The maximum absolute atomic E-state index is 6.99. The average molecular weight is 504 g/mol. The van der Waals surface area contributed by atoms with E-state index in [1.807, 2.05) is 0 Å². The van der Waals surface area contributed by atoms with Crippen molar-refractivity contribution in [2.24, 2.45) is 0 Å². The zero-order valence-electron chi connectivity index (χ0n) is 19.1. The van der Waals surface area contributed by atoms with Gasteiger partial charge in [-0.15, -0.1) is 0 Å². The molecule has 3 aromatic rings. The van der Waals surface area contributed by atoms with Crippen LogP contribution in [0.3, 0.4) is 0 Å². The molecule has 0 saturated carbocycles. The van der Waals surface area contributed by atoms with Crippen LogP contribution < -0.4 is 20.8 Å². The zero-order valence-corrected chi connectivity index (χ0v) is 21.7. The van der Waals surface area contributed by atoms with Crippen molar-refractivity contribution in [2.45, 2.75) is 38.7 Å². The first-order valence-electron chi connectivity index (χ1n) is 11.3. The maximum Gasteiger partial charge on any atom is 0.261 e. The SMILES string of the molecule is CC(C)(C)[Si](OCCCC=C1C=c2ccc(Br)cc2=C1)(c1ccccc1)c1ccccc1. The van der Waals surface area contributed by atoms with E-state index in [-0.39, 0.29) is 5.04 Å². The van der Waals surface area contributed by atoms with Crippen LogP contribution in [0.4, 0.5) is 0 Å². The molecule has 0 unspecified atom stereocenters. The molecule has 3 aromatic carbocycles. The summed E-state index contributed by atoms with van der Waals surface area (Å²) in [6, 6.07) is 28.2. The van der Waals surface area contributed by atoms with Gasteiger partial charge in [0.25, 0.3) is 8.32 Å². The van der Waals surface area contributed by atoms with Gasteiger partial charge in [-0.25, -0.2) is 0 Å². The minimum absolute atomic E-state index is 0.0240. The number of halogens is 1. The van der Waals surface area contributed by atoms with Gasteiger partial charge in [0.15, 0.2) is 0 Å². The summed E-state index contributed by atoms with van der Waals surface area (Å²) in [5.74, 6) is 0. The minimum Gasteiger partial charge on any atom is -0.407 e. The van der Waals surface area contributed by atoms with Crippen molar-refractivity contribution in [1.29, 1.82) is 0 Å². The molecule has 0 amide bonds. The summed E-state index contributed by atoms with van der Waals surface area (Å²) < 4.78 is 8.12. The van der Waals surface area contributed by atoms with Crippen LogP contribution in [0.25, 0.3) is 12.2 Å². The van der Waals surface area contributed by atoms with Crippen LogP contribution in [-0.2, 0) is 4.43 Å². The lowest BCUT2D eigenvalue weighted by Gasteiger charge is -2.43. The van der Waals surface area contributed by atoms with Gasteiger partial charge in [0.2, 0.25) is 0 Å². The highest BCUT2D eigenvalue weighted by Crippen LogP contribution is 2.36. The monoisotopic (exact) mass is 502 g/mol. The van der Waals surface area contributed by atoms with E-state index in [1.165, 1.54) is 26.4 Å². The fourth-order valence-corrected chi connectivity index (χ4v) is 9.64. The van der Waals surface area contributed by atoms with E-state index in [2.05, 4.69) is 134 Å². The van der Waals surface area contributed by atoms with E-state index in [9.17, 15) is 0 Å². The topological polar surface area (TPSA) is 9.23 Å². The van der Waals surface area contributed by atoms with Crippen LogP contribution in [0.15, 0.2) is 95.0 Å². The van der Waals surface area contributed by atoms with Crippen molar-refractivity contribution in [3.63, 3.8) is 0 Å². The summed E-state index contributed by atoms with van der Waals surface area (Å²) in [6.07, 6.45) is 8.89. The fraction of sp³-hybridized carbons (Fsp3) is 0.241. The predicted molar refractivity (Wildman–Crippen MR) is 143 cm³/mol. The van der Waals surface area contributed by atoms with Crippen LogP contribution in [0.2, 0.25) is 5.04 Å². The third-order valence-electron chi connectivity index (χ3n) is 6.16. The highest BCUT2D eigenvalue weighted by Gasteiger charge is 2.49. The second-order valence-corrected chi connectivity index (χ2v) is 14.6. The smallest absolute Gasteiger partial charge is 0.261 e. The summed E-state index contributed by atoms with van der Waals surface area (Å²) in [6.45, 7) is 7.76. The molecule has 1 aliphatic rings. The second kappa shape index (κ2) is 9.74. The average Bonchev–Trinajstić information content (AvgIpc) is 3.18. The van der Waals surface area contributed by atoms with Crippen molar-refractivity contribution in [3.05, 3.63) is 105 Å². The van der Waals surface area contributed by atoms with E-state index in [4.69, 9.17) is 4.43 Å². The molecular weight excluding hydrogens is 472 g/mol. The number of unbranched alkanes of at least 4 members (excludes halogenated alkanes) is 1. The van der Waals surface area contributed by atoms with Crippen LogP contribution in [0.1, 0.15) is 33.6 Å². The first kappa shape index (κ1) is 23.0. The van der Waals surface area contributed by atoms with Crippen LogP contribution in [0, 0.1) is 0 Å². The quantitative estimate of drug-likeness (QED) is 0.314. The van der Waals surface area contributed by atoms with E-state index in [0.717, 1.165) is 23.9 Å². The Morgan fingerprint density at radius 2 is 1.41 bits per heavy atom. The number of benzene rings is 3. The molecule has 0 saturated heterocycles. The Labute approximate surface area is 201 Å². The molecule has 32 heavy (non-hydrogen) atoms. The van der Waals surface area contributed by atoms with Crippen molar-refractivity contribution in [2.75, 3.05) is 6.61 Å². The Hall–Kier alpha value is -2.20. The molecule has 164 valence electrons. The highest BCUT2D eigenvalue weighted by molar-refractivity contribution is 9.10. The van der Waals surface area contributed by atoms with Gasteiger partial charge in [0.1, 0.15) is 0 Å². The van der Waals surface area contributed by atoms with E-state index >= 15 is 0 Å². The molecule has 0 fully saturated rings. The van der Waals surface area contributed by atoms with Gasteiger partial charge in [-0.2, -0.15) is 0 Å². The lowest BCUT2D eigenvalue weighted by molar-refractivity contribution is 0.293. The van der Waals surface area contributed by atoms with Gasteiger partial charge in [-0.3, -0.25) is 0 Å². The van der Waals surface area contributed by atoms with E-state index in [1.54, 1.807) is 0 Å². The molecule has 0 bridgehead atoms. The summed E-state index contributed by atoms with van der Waals surface area (Å²) in [4.78, 5) is 0. The molecule has 0 N–H and O–H groups in total. The lowest BCUT2D eigenvalue weighted by atomic mass is 10.2. The Morgan fingerprint density at radius 3 is 2.00 bits per heavy atom. The third-order valence-corrected chi connectivity index (χ3v) is 11.7. The molecule has 0 aliphatic heterocycles. The first-order chi connectivity index (χ1) is 15.4. The maximum atomic E-state index is 6.99. The van der Waals surface area contributed by atoms with Crippen LogP contribution in [0.5, 0.6) is 0 Å². The van der Waals surface area contributed by atoms with Crippen LogP contribution >= 0.6 is 15.9 Å². The van der Waals surface area contributed by atoms with Crippen molar-refractivity contribution in [3.8, 4) is 0 Å². The molecule has 0 heterocycles. The molecule has 0 radical (unpaired) electrons. The van der Waals surface area contributed by atoms with Crippen molar-refractivity contribution < 1.29 is 4.43 Å². The molecule has 0 aromatic heterocycles. The second-order valence-electron chi connectivity index (χ2n) is 9.42. The van der Waals surface area contributed by atoms with Crippen molar-refractivity contribution in [1.82, 2.24) is 0 Å². The number of rotatable bonds is 7. The van der Waals surface area contributed by atoms with Gasteiger partial charge in [-0.05, 0) is 68.5 Å². The third kappa shape index (κ3) is 4.75. The van der Waals surface area contributed by atoms with Gasteiger partial charge in [-0.1, -0.05) is 110 Å². The van der Waals surface area contributed by atoms with E-state index in [0.29, 0.717) is 0 Å². The molecule has 1 aliphatic carbocycles. The fourth-order valence-electron chi connectivity index (χ4n) is 4.66. The predicted octanol–water partition coefficient (Wildman–Crippen LogP) is 5.31. The van der Waals surface area contributed by atoms with Crippen LogP contribution in [-0.4, -0.2) is 14.9 Å². The Morgan fingerprint density at radius 1 is 0.812 bits per heavy atom. The van der Waals surface area contributed by atoms with Crippen molar-refractivity contribution >= 4 is 46.8 Å². The summed E-state index contributed by atoms with van der Waals surface area (Å²) >= 11 is 3.56. The highest BCUT2D eigenvalue weighted by atomic mass is 79.9. The van der Waals surface area contributed by atoms with Gasteiger partial charge in [0, 0.05) is 11.1 Å². The molecule has 4 rings (SSSR count). The largest absolute Gasteiger partial charge is 0.407 e. The number of allylic oxidation sites excluding steroid dienone is 2. The molecule has 1 nitrogen and oxygen atoms in total. The number of hydrogen-bond donors (Lipinski definition) is 0. The minimum atomic E-state index is -2.43. The summed E-state index contributed by atoms with van der Waals surface area (Å²) in [5.41, 5.74) is 1.29. The standard InChI is InChI=1S/C29H31BrOSi/c1-29(2,3)32(27-13-6-4-7-14-27,28-15-8-5-9-16-28)31-19-11-10-12-23-20-24-17-18-26(30)22-25(24)21-23/h4-9,12-18,20-22H,10-11,19H2,1-3H3. The molecule has 3 heteroatoms. The first-order valence-corrected chi connectivity index (χ1v) is 14.0. The molecule has 0 spiro atoms. The molecule has 0 atom stereocenters. The normalized spacial score (nSPS) is 14.7. The Kier molecular flexibility index (Phi) is 6.99. The van der Waals surface area contributed by atoms with Gasteiger partial charge in [0.05, 0.1) is 0 Å². The summed E-state index contributed by atoms with van der Waals surface area (Å²) in [7, 11) is -2.43. The van der Waals surface area contributed by atoms with E-state index < -0.39 is 8.32 Å². The Bertz CT molecular complexity index is 1170. The lowest BCUT2D eigenvalue weighted by Crippen LogP contribution is -2.66. The summed E-state index contributed by atoms with van der Waals surface area (Å²) in [5, 5.41) is 5.29. The van der Waals surface area contributed by atoms with Gasteiger partial charge >= 0.3 is 0 Å². The van der Waals surface area contributed by atoms with Gasteiger partial charge < -0.3 is 4.43 Å². The zero-order chi connectivity index (χ0) is 22.6. The Balaban J connectivity index is 1.53. The molecular formula is C29H31BrOSi. The number of fused-ring (bicyclic) bond motifs is 1. The number of hydrogen-bond acceptors (Lipinski definition) is 1.